The minimum absolute atomic E-state index is 0.504. The van der Waals surface area contributed by atoms with Gasteiger partial charge in [0.15, 0.2) is 0 Å². The molecule has 2 aliphatic rings. The van der Waals surface area contributed by atoms with Crippen molar-refractivity contribution < 1.29 is 0 Å². The Balaban J connectivity index is 1.98. The molecule has 2 heteroatoms. The molecule has 1 aliphatic carbocycles. The number of piperidine rings is 1. The molecule has 0 radical (unpaired) electrons. The SMILES string of the molecule is Cc1ccc2c(n1)C1NCC(C)C(C)C1CC2. The number of aryl methyl sites for hydroxylation is 2. The maximum absolute atomic E-state index is 4.80. The van der Waals surface area contributed by atoms with E-state index >= 15 is 0 Å². The van der Waals surface area contributed by atoms with Gasteiger partial charge in [0.2, 0.25) is 0 Å². The standard InChI is InChI=1S/C15H22N2/c1-9-8-16-15-13(11(9)3)7-6-12-5-4-10(2)17-14(12)15/h4-5,9,11,13,15-16H,6-8H2,1-3H3. The van der Waals surface area contributed by atoms with E-state index in [0.29, 0.717) is 6.04 Å². The van der Waals surface area contributed by atoms with Gasteiger partial charge in [-0.25, -0.2) is 0 Å². The van der Waals surface area contributed by atoms with E-state index in [1.165, 1.54) is 24.1 Å². The van der Waals surface area contributed by atoms with Crippen LogP contribution in [0.5, 0.6) is 0 Å². The van der Waals surface area contributed by atoms with Crippen molar-refractivity contribution in [3.8, 4) is 0 Å². The van der Waals surface area contributed by atoms with Gasteiger partial charge in [-0.1, -0.05) is 19.9 Å². The minimum atomic E-state index is 0.504. The molecule has 1 saturated heterocycles. The first-order valence-electron chi connectivity index (χ1n) is 6.86. The molecule has 4 unspecified atom stereocenters. The Labute approximate surface area is 104 Å². The molecule has 17 heavy (non-hydrogen) atoms. The molecule has 1 aliphatic heterocycles. The summed E-state index contributed by atoms with van der Waals surface area (Å²) >= 11 is 0. The normalized spacial score (nSPS) is 36.2. The number of nitrogens with one attached hydrogen (secondary N) is 1. The Hall–Kier alpha value is -0.890. The van der Waals surface area contributed by atoms with E-state index in [-0.39, 0.29) is 0 Å². The van der Waals surface area contributed by atoms with Gasteiger partial charge >= 0.3 is 0 Å². The molecule has 0 saturated carbocycles. The Morgan fingerprint density at radius 2 is 2.12 bits per heavy atom. The molecule has 2 nitrogen and oxygen atoms in total. The maximum Gasteiger partial charge on any atom is 0.0611 e. The first-order chi connectivity index (χ1) is 8.16. The van der Waals surface area contributed by atoms with Crippen LogP contribution in [0.25, 0.3) is 0 Å². The number of hydrogen-bond donors (Lipinski definition) is 1. The minimum Gasteiger partial charge on any atom is -0.308 e. The second-order valence-corrected chi connectivity index (χ2v) is 5.92. The van der Waals surface area contributed by atoms with Crippen molar-refractivity contribution in [1.29, 1.82) is 0 Å². The molecule has 2 heterocycles. The Kier molecular flexibility index (Phi) is 2.70. The molecule has 3 rings (SSSR count). The molecule has 1 N–H and O–H groups in total. The Morgan fingerprint density at radius 1 is 1.29 bits per heavy atom. The van der Waals surface area contributed by atoms with Gasteiger partial charge in [-0.2, -0.15) is 0 Å². The summed E-state index contributed by atoms with van der Waals surface area (Å²) in [6.45, 7) is 8.02. The molecule has 4 atom stereocenters. The molecule has 0 spiro atoms. The fourth-order valence-corrected chi connectivity index (χ4v) is 3.51. The van der Waals surface area contributed by atoms with Crippen LogP contribution in [0.15, 0.2) is 12.1 Å². The fraction of sp³-hybridized carbons (Fsp3) is 0.667. The first kappa shape index (κ1) is 11.2. The number of aromatic nitrogens is 1. The van der Waals surface area contributed by atoms with Gasteiger partial charge < -0.3 is 5.32 Å². The molecule has 0 bridgehead atoms. The van der Waals surface area contributed by atoms with E-state index in [2.05, 4.69) is 38.2 Å². The van der Waals surface area contributed by atoms with E-state index < -0.39 is 0 Å². The van der Waals surface area contributed by atoms with Crippen molar-refractivity contribution in [3.05, 3.63) is 29.1 Å². The summed E-state index contributed by atoms with van der Waals surface area (Å²) in [5.74, 6) is 2.39. The van der Waals surface area contributed by atoms with Crippen LogP contribution in [-0.2, 0) is 6.42 Å². The second kappa shape index (κ2) is 4.09. The summed E-state index contributed by atoms with van der Waals surface area (Å²) in [5, 5.41) is 3.72. The number of rotatable bonds is 0. The highest BCUT2D eigenvalue weighted by atomic mass is 15.0. The third kappa shape index (κ3) is 1.79. The molecule has 1 aromatic rings. The summed E-state index contributed by atoms with van der Waals surface area (Å²) in [5.41, 5.74) is 3.95. The average Bonchev–Trinajstić information content (AvgIpc) is 2.33. The van der Waals surface area contributed by atoms with E-state index in [0.717, 1.165) is 30.0 Å². The maximum atomic E-state index is 4.80. The lowest BCUT2D eigenvalue weighted by Crippen LogP contribution is -2.46. The van der Waals surface area contributed by atoms with Gasteiger partial charge in [-0.15, -0.1) is 0 Å². The highest BCUT2D eigenvalue weighted by Crippen LogP contribution is 2.42. The average molecular weight is 230 g/mol. The molecular formula is C15H22N2. The third-order valence-electron chi connectivity index (χ3n) is 4.85. The monoisotopic (exact) mass is 230 g/mol. The van der Waals surface area contributed by atoms with Crippen molar-refractivity contribution in [2.45, 2.75) is 39.7 Å². The predicted octanol–water partition coefficient (Wildman–Crippen LogP) is 2.87. The summed E-state index contributed by atoms with van der Waals surface area (Å²) in [6.07, 6.45) is 2.53. The lowest BCUT2D eigenvalue weighted by molar-refractivity contribution is 0.125. The molecule has 1 aromatic heterocycles. The zero-order valence-electron chi connectivity index (χ0n) is 11.0. The van der Waals surface area contributed by atoms with Crippen LogP contribution in [0.4, 0.5) is 0 Å². The summed E-state index contributed by atoms with van der Waals surface area (Å²) in [6, 6.07) is 4.93. The van der Waals surface area contributed by atoms with Crippen molar-refractivity contribution in [3.63, 3.8) is 0 Å². The largest absolute Gasteiger partial charge is 0.308 e. The fourth-order valence-electron chi connectivity index (χ4n) is 3.51. The molecule has 0 aromatic carbocycles. The molecule has 0 amide bonds. The summed E-state index contributed by atoms with van der Waals surface area (Å²) in [7, 11) is 0. The topological polar surface area (TPSA) is 24.9 Å². The highest BCUT2D eigenvalue weighted by molar-refractivity contribution is 5.29. The smallest absolute Gasteiger partial charge is 0.0611 e. The quantitative estimate of drug-likeness (QED) is 0.741. The number of hydrogen-bond acceptors (Lipinski definition) is 2. The van der Waals surface area contributed by atoms with Crippen molar-refractivity contribution in [2.75, 3.05) is 6.54 Å². The Bertz CT molecular complexity index is 427. The predicted molar refractivity (Wildman–Crippen MR) is 69.9 cm³/mol. The van der Waals surface area contributed by atoms with E-state index in [9.17, 15) is 0 Å². The van der Waals surface area contributed by atoms with E-state index in [1.807, 2.05) is 0 Å². The van der Waals surface area contributed by atoms with Crippen LogP contribution in [0.2, 0.25) is 0 Å². The van der Waals surface area contributed by atoms with E-state index in [4.69, 9.17) is 4.98 Å². The second-order valence-electron chi connectivity index (χ2n) is 5.92. The van der Waals surface area contributed by atoms with Crippen LogP contribution < -0.4 is 5.32 Å². The Morgan fingerprint density at radius 3 is 2.94 bits per heavy atom. The molecular weight excluding hydrogens is 208 g/mol. The van der Waals surface area contributed by atoms with Crippen molar-refractivity contribution in [1.82, 2.24) is 10.3 Å². The lowest BCUT2D eigenvalue weighted by Gasteiger charge is -2.44. The van der Waals surface area contributed by atoms with Gasteiger partial charge in [0, 0.05) is 5.69 Å². The molecule has 92 valence electrons. The number of fused-ring (bicyclic) bond motifs is 3. The zero-order chi connectivity index (χ0) is 12.0. The van der Waals surface area contributed by atoms with Gasteiger partial charge in [-0.3, -0.25) is 4.98 Å². The molecule has 1 fully saturated rings. The van der Waals surface area contributed by atoms with Gasteiger partial charge in [0.1, 0.15) is 0 Å². The zero-order valence-corrected chi connectivity index (χ0v) is 11.0. The lowest BCUT2D eigenvalue weighted by atomic mass is 9.69. The van der Waals surface area contributed by atoms with Crippen LogP contribution in [0.1, 0.15) is 43.3 Å². The number of nitrogens with zero attached hydrogens (tertiary/aromatic N) is 1. The third-order valence-corrected chi connectivity index (χ3v) is 4.85. The van der Waals surface area contributed by atoms with Gasteiger partial charge in [0.05, 0.1) is 11.7 Å². The van der Waals surface area contributed by atoms with Gasteiger partial charge in [-0.05, 0) is 55.7 Å². The highest BCUT2D eigenvalue weighted by Gasteiger charge is 2.39. The van der Waals surface area contributed by atoms with Crippen LogP contribution in [0, 0.1) is 24.7 Å². The van der Waals surface area contributed by atoms with Crippen molar-refractivity contribution >= 4 is 0 Å². The first-order valence-corrected chi connectivity index (χ1v) is 6.86. The van der Waals surface area contributed by atoms with Crippen LogP contribution >= 0.6 is 0 Å². The van der Waals surface area contributed by atoms with Crippen LogP contribution in [-0.4, -0.2) is 11.5 Å². The summed E-state index contributed by atoms with van der Waals surface area (Å²) in [4.78, 5) is 4.80. The van der Waals surface area contributed by atoms with Gasteiger partial charge in [0.25, 0.3) is 0 Å². The number of pyridine rings is 1. The van der Waals surface area contributed by atoms with E-state index in [1.54, 1.807) is 0 Å². The van der Waals surface area contributed by atoms with Crippen LogP contribution in [0.3, 0.4) is 0 Å². The summed E-state index contributed by atoms with van der Waals surface area (Å²) < 4.78 is 0. The van der Waals surface area contributed by atoms with Crippen molar-refractivity contribution in [2.24, 2.45) is 17.8 Å².